The number of ether oxygens (including phenoxy) is 1. The van der Waals surface area contributed by atoms with E-state index in [0.29, 0.717) is 6.54 Å². The summed E-state index contributed by atoms with van der Waals surface area (Å²) in [6, 6.07) is 1.82. The SMILES string of the molecule is CCNC(=NCc1ccon1)NCC(C)(C)N1CCOCC1.I. The molecule has 2 N–H and O–H groups in total. The number of halogens is 1. The highest BCUT2D eigenvalue weighted by molar-refractivity contribution is 14.0. The van der Waals surface area contributed by atoms with Crippen LogP contribution >= 0.6 is 24.0 Å². The monoisotopic (exact) mass is 437 g/mol. The molecular weight excluding hydrogens is 409 g/mol. The van der Waals surface area contributed by atoms with E-state index in [0.717, 1.165) is 51.0 Å². The second-order valence-corrected chi connectivity index (χ2v) is 5.95. The summed E-state index contributed by atoms with van der Waals surface area (Å²) in [5, 5.41) is 10.5. The van der Waals surface area contributed by atoms with Gasteiger partial charge in [0.1, 0.15) is 12.0 Å². The maximum absolute atomic E-state index is 5.42. The highest BCUT2D eigenvalue weighted by Gasteiger charge is 2.28. The number of guanidine groups is 1. The number of morpholine rings is 1. The summed E-state index contributed by atoms with van der Waals surface area (Å²) >= 11 is 0. The van der Waals surface area contributed by atoms with Crippen molar-refractivity contribution in [2.75, 3.05) is 39.4 Å². The lowest BCUT2D eigenvalue weighted by molar-refractivity contribution is -0.00834. The molecule has 0 atom stereocenters. The average molecular weight is 437 g/mol. The summed E-state index contributed by atoms with van der Waals surface area (Å²) in [6.45, 7) is 12.2. The normalized spacial score (nSPS) is 16.7. The predicted molar refractivity (Wildman–Crippen MR) is 101 cm³/mol. The van der Waals surface area contributed by atoms with E-state index in [2.05, 4.69) is 46.5 Å². The molecule has 2 rings (SSSR count). The molecule has 0 amide bonds. The largest absolute Gasteiger partial charge is 0.379 e. The fraction of sp³-hybridized carbons (Fsp3) is 0.733. The molecule has 7 nitrogen and oxygen atoms in total. The van der Waals surface area contributed by atoms with E-state index >= 15 is 0 Å². The molecule has 1 aliphatic heterocycles. The first kappa shape index (κ1) is 20.2. The minimum Gasteiger partial charge on any atom is -0.379 e. The Hall–Kier alpha value is -0.870. The van der Waals surface area contributed by atoms with Crippen molar-refractivity contribution in [2.45, 2.75) is 32.9 Å². The van der Waals surface area contributed by atoms with Crippen molar-refractivity contribution < 1.29 is 9.26 Å². The predicted octanol–water partition coefficient (Wildman–Crippen LogP) is 1.46. The van der Waals surface area contributed by atoms with Crippen LogP contribution < -0.4 is 10.6 Å². The Morgan fingerprint density at radius 3 is 2.70 bits per heavy atom. The quantitative estimate of drug-likeness (QED) is 0.399. The van der Waals surface area contributed by atoms with E-state index in [1.165, 1.54) is 0 Å². The summed E-state index contributed by atoms with van der Waals surface area (Å²) in [4.78, 5) is 6.98. The summed E-state index contributed by atoms with van der Waals surface area (Å²) in [5.41, 5.74) is 0.873. The molecule has 0 saturated carbocycles. The summed E-state index contributed by atoms with van der Waals surface area (Å²) in [6.07, 6.45) is 1.56. The summed E-state index contributed by atoms with van der Waals surface area (Å²) < 4.78 is 10.2. The number of hydrogen-bond donors (Lipinski definition) is 2. The van der Waals surface area contributed by atoms with Crippen molar-refractivity contribution in [2.24, 2.45) is 4.99 Å². The second-order valence-electron chi connectivity index (χ2n) is 5.95. The zero-order valence-electron chi connectivity index (χ0n) is 14.2. The third-order valence-corrected chi connectivity index (χ3v) is 3.79. The van der Waals surface area contributed by atoms with Crippen LogP contribution in [0.4, 0.5) is 0 Å². The van der Waals surface area contributed by atoms with Gasteiger partial charge >= 0.3 is 0 Å². The first-order valence-corrected chi connectivity index (χ1v) is 7.86. The minimum absolute atomic E-state index is 0. The lowest BCUT2D eigenvalue weighted by atomic mass is 10.0. The van der Waals surface area contributed by atoms with Crippen LogP contribution in [0.15, 0.2) is 21.8 Å². The van der Waals surface area contributed by atoms with Crippen LogP contribution in [0.2, 0.25) is 0 Å². The summed E-state index contributed by atoms with van der Waals surface area (Å²) in [5.74, 6) is 0.798. The Morgan fingerprint density at radius 2 is 2.09 bits per heavy atom. The van der Waals surface area contributed by atoms with E-state index in [-0.39, 0.29) is 29.5 Å². The van der Waals surface area contributed by atoms with Gasteiger partial charge in [-0.3, -0.25) is 4.90 Å². The van der Waals surface area contributed by atoms with Crippen LogP contribution in [0, 0.1) is 0 Å². The van der Waals surface area contributed by atoms with Gasteiger partial charge in [-0.05, 0) is 20.8 Å². The number of aromatic nitrogens is 1. The van der Waals surface area contributed by atoms with Gasteiger partial charge in [-0.1, -0.05) is 5.16 Å². The van der Waals surface area contributed by atoms with Crippen molar-refractivity contribution in [1.29, 1.82) is 0 Å². The molecule has 1 aliphatic rings. The van der Waals surface area contributed by atoms with Crippen molar-refractivity contribution >= 4 is 29.9 Å². The molecule has 1 fully saturated rings. The zero-order valence-corrected chi connectivity index (χ0v) is 16.5. The maximum atomic E-state index is 5.42. The molecule has 0 spiro atoms. The number of rotatable bonds is 6. The van der Waals surface area contributed by atoms with Gasteiger partial charge in [-0.25, -0.2) is 4.99 Å². The molecule has 1 aromatic rings. The molecule has 1 saturated heterocycles. The number of nitrogens with zero attached hydrogens (tertiary/aromatic N) is 3. The van der Waals surface area contributed by atoms with Crippen LogP contribution in [-0.4, -0.2) is 60.9 Å². The second kappa shape index (κ2) is 10.1. The van der Waals surface area contributed by atoms with Crippen LogP contribution in [0.25, 0.3) is 0 Å². The van der Waals surface area contributed by atoms with Gasteiger partial charge in [0.2, 0.25) is 0 Å². The molecule has 0 bridgehead atoms. The molecule has 0 aromatic carbocycles. The van der Waals surface area contributed by atoms with Crippen LogP contribution in [-0.2, 0) is 11.3 Å². The molecular formula is C15H28IN5O2. The van der Waals surface area contributed by atoms with E-state index in [9.17, 15) is 0 Å². The molecule has 2 heterocycles. The van der Waals surface area contributed by atoms with Crippen LogP contribution in [0.5, 0.6) is 0 Å². The Bertz CT molecular complexity index is 458. The van der Waals surface area contributed by atoms with E-state index in [1.54, 1.807) is 6.26 Å². The highest BCUT2D eigenvalue weighted by Crippen LogP contribution is 2.15. The van der Waals surface area contributed by atoms with Gasteiger partial charge in [0.25, 0.3) is 0 Å². The smallest absolute Gasteiger partial charge is 0.191 e. The highest BCUT2D eigenvalue weighted by atomic mass is 127. The molecule has 1 aromatic heterocycles. The third kappa shape index (κ3) is 6.64. The van der Waals surface area contributed by atoms with Crippen molar-refractivity contribution in [1.82, 2.24) is 20.7 Å². The topological polar surface area (TPSA) is 74.9 Å². The van der Waals surface area contributed by atoms with Gasteiger partial charge in [0.15, 0.2) is 5.96 Å². The van der Waals surface area contributed by atoms with Crippen molar-refractivity contribution in [3.8, 4) is 0 Å². The van der Waals surface area contributed by atoms with Crippen LogP contribution in [0.1, 0.15) is 26.5 Å². The van der Waals surface area contributed by atoms with Crippen molar-refractivity contribution in [3.63, 3.8) is 0 Å². The van der Waals surface area contributed by atoms with E-state index in [4.69, 9.17) is 9.26 Å². The fourth-order valence-electron chi connectivity index (χ4n) is 2.40. The minimum atomic E-state index is 0. The van der Waals surface area contributed by atoms with Gasteiger partial charge < -0.3 is 19.9 Å². The molecule has 23 heavy (non-hydrogen) atoms. The van der Waals surface area contributed by atoms with Gasteiger partial charge in [0, 0.05) is 37.8 Å². The Kier molecular flexibility index (Phi) is 8.85. The number of aliphatic imine (C=N–C) groups is 1. The Morgan fingerprint density at radius 1 is 1.35 bits per heavy atom. The lowest BCUT2D eigenvalue weighted by Crippen LogP contribution is -2.56. The molecule has 0 radical (unpaired) electrons. The maximum Gasteiger partial charge on any atom is 0.191 e. The summed E-state index contributed by atoms with van der Waals surface area (Å²) in [7, 11) is 0. The Labute approximate surface area is 155 Å². The third-order valence-electron chi connectivity index (χ3n) is 3.79. The standard InChI is InChI=1S/C15H27N5O2.HI/c1-4-16-14(17-11-13-5-8-22-19-13)18-12-15(2,3)20-6-9-21-10-7-20;/h5,8H,4,6-7,9-12H2,1-3H3,(H2,16,17,18);1H. The average Bonchev–Trinajstić information content (AvgIpc) is 3.04. The molecule has 8 heteroatoms. The van der Waals surface area contributed by atoms with Gasteiger partial charge in [-0.15, -0.1) is 24.0 Å². The number of hydrogen-bond acceptors (Lipinski definition) is 5. The fourth-order valence-corrected chi connectivity index (χ4v) is 2.40. The van der Waals surface area contributed by atoms with Gasteiger partial charge in [-0.2, -0.15) is 0 Å². The molecule has 132 valence electrons. The molecule has 0 unspecified atom stereocenters. The van der Waals surface area contributed by atoms with E-state index < -0.39 is 0 Å². The zero-order chi connectivity index (χ0) is 15.8. The van der Waals surface area contributed by atoms with E-state index in [1.807, 2.05) is 6.07 Å². The number of nitrogens with one attached hydrogen (secondary N) is 2. The molecule has 0 aliphatic carbocycles. The van der Waals surface area contributed by atoms with Crippen LogP contribution in [0.3, 0.4) is 0 Å². The first-order chi connectivity index (χ1) is 10.6. The lowest BCUT2D eigenvalue weighted by Gasteiger charge is -2.41. The first-order valence-electron chi connectivity index (χ1n) is 7.86. The van der Waals surface area contributed by atoms with Gasteiger partial charge in [0.05, 0.1) is 19.8 Å². The Balaban J connectivity index is 0.00000264. The van der Waals surface area contributed by atoms with Crippen molar-refractivity contribution in [3.05, 3.63) is 18.0 Å².